The Balaban J connectivity index is 1.75. The highest BCUT2D eigenvalue weighted by atomic mass is 16.5. The van der Waals surface area contributed by atoms with E-state index in [4.69, 9.17) is 14.2 Å². The summed E-state index contributed by atoms with van der Waals surface area (Å²) in [6.07, 6.45) is 0.720. The summed E-state index contributed by atoms with van der Waals surface area (Å²) in [4.78, 5) is 32.1. The van der Waals surface area contributed by atoms with E-state index in [1.165, 1.54) is 0 Å². The van der Waals surface area contributed by atoms with Crippen LogP contribution < -0.4 is 14.8 Å². The van der Waals surface area contributed by atoms with Crippen LogP contribution in [0, 0.1) is 0 Å². The van der Waals surface area contributed by atoms with Crippen LogP contribution in [0.15, 0.2) is 42.5 Å². The highest BCUT2D eigenvalue weighted by Crippen LogP contribution is 2.34. The summed E-state index contributed by atoms with van der Waals surface area (Å²) in [5.41, 5.74) is 1.55. The first-order valence-electron chi connectivity index (χ1n) is 13.7. The van der Waals surface area contributed by atoms with Crippen molar-refractivity contribution in [2.75, 3.05) is 53.6 Å². The lowest BCUT2D eigenvalue weighted by atomic mass is 9.97. The second-order valence-electron chi connectivity index (χ2n) is 10.5. The van der Waals surface area contributed by atoms with Crippen LogP contribution in [0.1, 0.15) is 38.8 Å². The van der Waals surface area contributed by atoms with Crippen LogP contribution in [0.2, 0.25) is 0 Å². The molecule has 2 amide bonds. The monoisotopic (exact) mass is 552 g/mol. The normalized spacial score (nSPS) is 15.0. The van der Waals surface area contributed by atoms with Gasteiger partial charge >= 0.3 is 0 Å². The average molecular weight is 553 g/mol. The molecule has 1 fully saturated rings. The summed E-state index contributed by atoms with van der Waals surface area (Å²) >= 11 is 0. The molecule has 1 N–H and O–H groups in total. The van der Waals surface area contributed by atoms with Crippen molar-refractivity contribution in [3.05, 3.63) is 48.0 Å². The third-order valence-electron chi connectivity index (χ3n) is 7.43. The highest BCUT2D eigenvalue weighted by molar-refractivity contribution is 5.90. The minimum Gasteiger partial charge on any atom is -0.497 e. The standard InChI is InChI=1S/C29H40N6O5/c1-6-29(2,3)30-28(37)27(22-12-11-21(38-4)19-25(22)39-5)34(14-13-33-15-17-40-18-16-33)26(36)20-35-24-10-8-7-9-23(24)31-32-35/h7-12,19,27H,6,13-18,20H2,1-5H3,(H,30,37)/t27-/m1/s1. The Bertz CT molecular complexity index is 1300. The van der Waals surface area contributed by atoms with Crippen LogP contribution >= 0.6 is 0 Å². The Labute approximate surface area is 235 Å². The van der Waals surface area contributed by atoms with E-state index in [1.807, 2.05) is 45.0 Å². The van der Waals surface area contributed by atoms with Crippen molar-refractivity contribution in [3.63, 3.8) is 0 Å². The smallest absolute Gasteiger partial charge is 0.248 e. The first-order valence-corrected chi connectivity index (χ1v) is 13.7. The maximum atomic E-state index is 14.2. The molecule has 0 bridgehead atoms. The van der Waals surface area contributed by atoms with E-state index in [0.717, 1.165) is 25.0 Å². The summed E-state index contributed by atoms with van der Waals surface area (Å²) in [7, 11) is 3.12. The van der Waals surface area contributed by atoms with E-state index >= 15 is 0 Å². The molecule has 1 aliphatic heterocycles. The number of methoxy groups -OCH3 is 2. The zero-order valence-corrected chi connectivity index (χ0v) is 24.1. The Kier molecular flexibility index (Phi) is 9.59. The minimum absolute atomic E-state index is 0.0664. The first kappa shape index (κ1) is 29.3. The minimum atomic E-state index is -0.949. The van der Waals surface area contributed by atoms with Gasteiger partial charge in [-0.25, -0.2) is 4.68 Å². The molecular weight excluding hydrogens is 512 g/mol. The summed E-state index contributed by atoms with van der Waals surface area (Å²) < 4.78 is 18.2. The molecule has 0 spiro atoms. The molecule has 1 aromatic heterocycles. The van der Waals surface area contributed by atoms with Gasteiger partial charge in [0.2, 0.25) is 11.8 Å². The quantitative estimate of drug-likeness (QED) is 0.365. The SMILES string of the molecule is CCC(C)(C)NC(=O)[C@@H](c1ccc(OC)cc1OC)N(CCN1CCOCC1)C(=O)Cn1nnc2ccccc21. The third-order valence-corrected chi connectivity index (χ3v) is 7.43. The molecular formula is C29H40N6O5. The fourth-order valence-corrected chi connectivity index (χ4v) is 4.71. The summed E-state index contributed by atoms with van der Waals surface area (Å²) in [5, 5.41) is 11.6. The van der Waals surface area contributed by atoms with E-state index in [1.54, 1.807) is 42.0 Å². The predicted octanol–water partition coefficient (Wildman–Crippen LogP) is 2.66. The van der Waals surface area contributed by atoms with Crippen LogP contribution in [0.25, 0.3) is 11.0 Å². The molecule has 2 aromatic carbocycles. The number of aromatic nitrogens is 3. The van der Waals surface area contributed by atoms with E-state index in [-0.39, 0.29) is 18.4 Å². The maximum absolute atomic E-state index is 14.2. The second kappa shape index (κ2) is 13.1. The molecule has 0 saturated carbocycles. The Morgan fingerprint density at radius 3 is 2.58 bits per heavy atom. The topological polar surface area (TPSA) is 111 Å². The maximum Gasteiger partial charge on any atom is 0.248 e. The number of carbonyl (C=O) groups is 2. The van der Waals surface area contributed by atoms with Gasteiger partial charge in [-0.1, -0.05) is 24.3 Å². The number of benzene rings is 2. The molecule has 1 aliphatic rings. The summed E-state index contributed by atoms with van der Waals surface area (Å²) in [5.74, 6) is 0.517. The fraction of sp³-hybridized carbons (Fsp3) is 0.517. The molecule has 0 unspecified atom stereocenters. The number of fused-ring (bicyclic) bond motifs is 1. The van der Waals surface area contributed by atoms with Crippen LogP contribution in [0.4, 0.5) is 0 Å². The van der Waals surface area contributed by atoms with Crippen molar-refractivity contribution >= 4 is 22.8 Å². The van der Waals surface area contributed by atoms with E-state index in [0.29, 0.717) is 48.9 Å². The summed E-state index contributed by atoms with van der Waals surface area (Å²) in [6.45, 7) is 9.60. The zero-order valence-electron chi connectivity index (χ0n) is 24.1. The Hall–Kier alpha value is -3.70. The second-order valence-corrected chi connectivity index (χ2v) is 10.5. The number of morpholine rings is 1. The fourth-order valence-electron chi connectivity index (χ4n) is 4.71. The number of hydrogen-bond donors (Lipinski definition) is 1. The molecule has 40 heavy (non-hydrogen) atoms. The van der Waals surface area contributed by atoms with Gasteiger partial charge < -0.3 is 24.4 Å². The number of hydrogen-bond acceptors (Lipinski definition) is 8. The van der Waals surface area contributed by atoms with E-state index in [2.05, 4.69) is 20.5 Å². The van der Waals surface area contributed by atoms with Gasteiger partial charge in [-0.2, -0.15) is 0 Å². The molecule has 11 heteroatoms. The lowest BCUT2D eigenvalue weighted by Crippen LogP contribution is -2.52. The van der Waals surface area contributed by atoms with Gasteiger partial charge in [-0.05, 0) is 44.5 Å². The molecule has 4 rings (SSSR count). The van der Waals surface area contributed by atoms with Crippen LogP contribution in [-0.4, -0.2) is 95.8 Å². The van der Waals surface area contributed by atoms with Gasteiger partial charge in [0.05, 0.1) is 33.0 Å². The van der Waals surface area contributed by atoms with Crippen molar-refractivity contribution in [2.24, 2.45) is 0 Å². The van der Waals surface area contributed by atoms with Crippen molar-refractivity contribution in [1.29, 1.82) is 0 Å². The lowest BCUT2D eigenvalue weighted by molar-refractivity contribution is -0.142. The van der Waals surface area contributed by atoms with Gasteiger partial charge in [0.15, 0.2) is 0 Å². The van der Waals surface area contributed by atoms with Gasteiger partial charge in [-0.3, -0.25) is 14.5 Å². The van der Waals surface area contributed by atoms with Gasteiger partial charge in [-0.15, -0.1) is 5.10 Å². The number of ether oxygens (including phenoxy) is 3. The predicted molar refractivity (Wildman–Crippen MR) is 151 cm³/mol. The molecule has 216 valence electrons. The van der Waals surface area contributed by atoms with Crippen LogP contribution in [0.3, 0.4) is 0 Å². The van der Waals surface area contributed by atoms with Crippen molar-refractivity contribution in [3.8, 4) is 11.5 Å². The number of amides is 2. The lowest BCUT2D eigenvalue weighted by Gasteiger charge is -2.36. The largest absolute Gasteiger partial charge is 0.497 e. The molecule has 3 aromatic rings. The molecule has 1 atom stereocenters. The number of para-hydroxylation sites is 1. The summed E-state index contributed by atoms with van der Waals surface area (Å²) in [6, 6.07) is 11.8. The zero-order chi connectivity index (χ0) is 28.7. The Morgan fingerprint density at radius 2 is 1.88 bits per heavy atom. The van der Waals surface area contributed by atoms with E-state index in [9.17, 15) is 9.59 Å². The molecule has 0 aliphatic carbocycles. The van der Waals surface area contributed by atoms with Crippen LogP contribution in [0.5, 0.6) is 11.5 Å². The van der Waals surface area contributed by atoms with Gasteiger partial charge in [0.1, 0.15) is 29.6 Å². The Morgan fingerprint density at radius 1 is 1.12 bits per heavy atom. The molecule has 11 nitrogen and oxygen atoms in total. The number of nitrogens with one attached hydrogen (secondary N) is 1. The molecule has 2 heterocycles. The van der Waals surface area contributed by atoms with Gasteiger partial charge in [0.25, 0.3) is 0 Å². The molecule has 1 saturated heterocycles. The number of rotatable bonds is 12. The van der Waals surface area contributed by atoms with Crippen molar-refractivity contribution in [2.45, 2.75) is 45.3 Å². The average Bonchev–Trinajstić information content (AvgIpc) is 3.37. The number of nitrogens with zero attached hydrogens (tertiary/aromatic N) is 5. The highest BCUT2D eigenvalue weighted by Gasteiger charge is 2.36. The van der Waals surface area contributed by atoms with Gasteiger partial charge in [0, 0.05) is 43.3 Å². The first-order chi connectivity index (χ1) is 19.3. The van der Waals surface area contributed by atoms with Crippen LogP contribution in [-0.2, 0) is 20.9 Å². The van der Waals surface area contributed by atoms with Crippen molar-refractivity contribution < 1.29 is 23.8 Å². The van der Waals surface area contributed by atoms with Crippen molar-refractivity contribution in [1.82, 2.24) is 30.1 Å². The number of carbonyl (C=O) groups excluding carboxylic acids is 2. The van der Waals surface area contributed by atoms with E-state index < -0.39 is 11.6 Å². The molecule has 0 radical (unpaired) electrons. The third kappa shape index (κ3) is 6.89.